The Balaban J connectivity index is 1.73. The minimum atomic E-state index is -0.295. The first kappa shape index (κ1) is 12.0. The summed E-state index contributed by atoms with van der Waals surface area (Å²) < 4.78 is 28.9. The van der Waals surface area contributed by atoms with Crippen molar-refractivity contribution in [2.75, 3.05) is 0 Å². The monoisotopic (exact) mass is 240 g/mol. The highest BCUT2D eigenvalue weighted by atomic mass is 16.8. The Labute approximate surface area is 102 Å². The molecule has 0 aromatic carbocycles. The highest BCUT2D eigenvalue weighted by Crippen LogP contribution is 2.38. The Morgan fingerprint density at radius 2 is 1.47 bits per heavy atom. The molecule has 0 amide bonds. The van der Waals surface area contributed by atoms with Crippen LogP contribution in [0.2, 0.25) is 12.6 Å². The molecule has 0 aliphatic carbocycles. The van der Waals surface area contributed by atoms with Gasteiger partial charge in [-0.25, -0.2) is 0 Å². The molecule has 5 nitrogen and oxygen atoms in total. The van der Waals surface area contributed by atoms with Crippen molar-refractivity contribution in [2.24, 2.45) is 0 Å². The molecule has 1 unspecified atom stereocenters. The lowest BCUT2D eigenvalue weighted by Crippen LogP contribution is -2.52. The Morgan fingerprint density at radius 3 is 2.18 bits per heavy atom. The van der Waals surface area contributed by atoms with Gasteiger partial charge in [-0.1, -0.05) is 13.8 Å². The largest absolute Gasteiger partial charge is 0.458 e. The van der Waals surface area contributed by atoms with Crippen LogP contribution in [0.5, 0.6) is 0 Å². The van der Waals surface area contributed by atoms with Crippen molar-refractivity contribution in [1.82, 2.24) is 0 Å². The fourth-order valence-corrected chi connectivity index (χ4v) is 2.70. The second-order valence-electron chi connectivity index (χ2n) is 4.82. The molecule has 0 spiro atoms. The highest BCUT2D eigenvalue weighted by molar-refractivity contribution is 6.45. The van der Waals surface area contributed by atoms with Crippen LogP contribution in [-0.4, -0.2) is 44.9 Å². The predicted octanol–water partition coefficient (Wildman–Crippen LogP) is 0.947. The van der Waals surface area contributed by atoms with Crippen LogP contribution < -0.4 is 0 Å². The van der Waals surface area contributed by atoms with Crippen LogP contribution in [0.25, 0.3) is 0 Å². The Bertz CT molecular complexity index is 292. The van der Waals surface area contributed by atoms with Crippen molar-refractivity contribution in [1.29, 1.82) is 0 Å². The third-order valence-corrected chi connectivity index (χ3v) is 3.61. The van der Waals surface area contributed by atoms with Gasteiger partial charge in [-0.15, -0.1) is 0 Å². The zero-order valence-corrected chi connectivity index (χ0v) is 10.5. The molecule has 7 heteroatoms. The lowest BCUT2D eigenvalue weighted by molar-refractivity contribution is -0.125. The van der Waals surface area contributed by atoms with Gasteiger partial charge in [0.05, 0.1) is 6.10 Å². The molecule has 5 atom stereocenters. The fraction of sp³-hybridized carbons (Fsp3) is 1.00. The molecule has 0 aromatic heterocycles. The SMILES string of the molecule is CCB1O[C@H]2O[C@H]3C(C)OB(CC)O[C@H]3[C@H]2O1. The standard InChI is InChI=1S/C10H18B2O5/c1-4-11-14-6(3)7-8(15-11)9-10(13-7)17-12(5-2)16-9/h6-10H,4-5H2,1-3H3/t6?,7-,8+,9+,10+/m0/s1. The van der Waals surface area contributed by atoms with Crippen molar-refractivity contribution in [2.45, 2.75) is 64.1 Å². The molecule has 0 aromatic rings. The second kappa shape index (κ2) is 4.55. The summed E-state index contributed by atoms with van der Waals surface area (Å²) in [6.07, 6.45) is 1.15. The van der Waals surface area contributed by atoms with Crippen molar-refractivity contribution in [3.63, 3.8) is 0 Å². The molecule has 0 N–H and O–H groups in total. The van der Waals surface area contributed by atoms with Gasteiger partial charge >= 0.3 is 14.2 Å². The van der Waals surface area contributed by atoms with Crippen LogP contribution in [-0.2, 0) is 23.4 Å². The first-order valence-corrected chi connectivity index (χ1v) is 6.50. The minimum absolute atomic E-state index is 0.0246. The summed E-state index contributed by atoms with van der Waals surface area (Å²) in [5, 5.41) is 0. The topological polar surface area (TPSA) is 46.2 Å². The van der Waals surface area contributed by atoms with Crippen LogP contribution in [0.15, 0.2) is 0 Å². The molecule has 3 heterocycles. The van der Waals surface area contributed by atoms with Crippen LogP contribution in [0.3, 0.4) is 0 Å². The zero-order valence-electron chi connectivity index (χ0n) is 10.5. The maximum Gasteiger partial charge on any atom is 0.458 e. The van der Waals surface area contributed by atoms with E-state index in [9.17, 15) is 0 Å². The third-order valence-electron chi connectivity index (χ3n) is 3.61. The summed E-state index contributed by atoms with van der Waals surface area (Å²) in [7, 11) is -0.314. The van der Waals surface area contributed by atoms with E-state index in [1.165, 1.54) is 0 Å². The molecule has 3 aliphatic heterocycles. The molecule has 3 rings (SSSR count). The minimum Gasteiger partial charge on any atom is -0.406 e. The van der Waals surface area contributed by atoms with E-state index < -0.39 is 0 Å². The first-order valence-electron chi connectivity index (χ1n) is 6.50. The van der Waals surface area contributed by atoms with Crippen LogP contribution in [0.4, 0.5) is 0 Å². The smallest absolute Gasteiger partial charge is 0.406 e. The molecule has 3 saturated heterocycles. The molecule has 0 radical (unpaired) electrons. The predicted molar refractivity (Wildman–Crippen MR) is 62.5 cm³/mol. The summed E-state index contributed by atoms with van der Waals surface area (Å²) in [5.74, 6) is 0. The molecule has 17 heavy (non-hydrogen) atoms. The maximum atomic E-state index is 5.88. The van der Waals surface area contributed by atoms with Crippen LogP contribution in [0, 0.1) is 0 Å². The molecule has 3 fully saturated rings. The summed E-state index contributed by atoms with van der Waals surface area (Å²) >= 11 is 0. The molecular formula is C10H18B2O5. The summed E-state index contributed by atoms with van der Waals surface area (Å²) in [6, 6.07) is 0. The van der Waals surface area contributed by atoms with Gasteiger partial charge in [0.2, 0.25) is 0 Å². The van der Waals surface area contributed by atoms with Gasteiger partial charge < -0.3 is 23.4 Å². The molecular weight excluding hydrogens is 222 g/mol. The van der Waals surface area contributed by atoms with Gasteiger partial charge in [-0.05, 0) is 19.6 Å². The van der Waals surface area contributed by atoms with E-state index in [2.05, 4.69) is 0 Å². The number of hydrogen-bond donors (Lipinski definition) is 0. The maximum absolute atomic E-state index is 5.88. The van der Waals surface area contributed by atoms with Gasteiger partial charge in [0, 0.05) is 0 Å². The van der Waals surface area contributed by atoms with E-state index in [0.29, 0.717) is 0 Å². The Hall–Kier alpha value is -0.0701. The summed E-state index contributed by atoms with van der Waals surface area (Å²) in [4.78, 5) is 0. The van der Waals surface area contributed by atoms with E-state index in [1.54, 1.807) is 0 Å². The number of fused-ring (bicyclic) bond motifs is 3. The van der Waals surface area contributed by atoms with Gasteiger partial charge in [-0.2, -0.15) is 0 Å². The lowest BCUT2D eigenvalue weighted by atomic mass is 9.81. The molecule has 94 valence electrons. The van der Waals surface area contributed by atoms with E-state index >= 15 is 0 Å². The quantitative estimate of drug-likeness (QED) is 0.672. The lowest BCUT2D eigenvalue weighted by Gasteiger charge is -2.36. The van der Waals surface area contributed by atoms with Crippen molar-refractivity contribution < 1.29 is 23.4 Å². The van der Waals surface area contributed by atoms with E-state index in [-0.39, 0.29) is 44.9 Å². The zero-order chi connectivity index (χ0) is 12.0. The van der Waals surface area contributed by atoms with E-state index in [4.69, 9.17) is 23.4 Å². The van der Waals surface area contributed by atoms with Gasteiger partial charge in [-0.3, -0.25) is 0 Å². The van der Waals surface area contributed by atoms with Gasteiger partial charge in [0.1, 0.15) is 18.3 Å². The van der Waals surface area contributed by atoms with Crippen molar-refractivity contribution in [3.05, 3.63) is 0 Å². The van der Waals surface area contributed by atoms with E-state index in [1.807, 2.05) is 20.8 Å². The second-order valence-corrected chi connectivity index (χ2v) is 4.82. The van der Waals surface area contributed by atoms with Crippen molar-refractivity contribution in [3.8, 4) is 0 Å². The van der Waals surface area contributed by atoms with Gasteiger partial charge in [0.25, 0.3) is 0 Å². The van der Waals surface area contributed by atoms with Crippen LogP contribution in [0.1, 0.15) is 20.8 Å². The summed E-state index contributed by atoms with van der Waals surface area (Å²) in [5.41, 5.74) is 0. The normalized spacial score (nSPS) is 45.0. The highest BCUT2D eigenvalue weighted by Gasteiger charge is 2.57. The number of hydrogen-bond acceptors (Lipinski definition) is 5. The Morgan fingerprint density at radius 1 is 0.824 bits per heavy atom. The number of rotatable bonds is 2. The average molecular weight is 240 g/mol. The number of ether oxygens (including phenoxy) is 1. The molecule has 0 saturated carbocycles. The van der Waals surface area contributed by atoms with Crippen molar-refractivity contribution >= 4 is 14.2 Å². The first-order chi connectivity index (χ1) is 8.22. The molecule has 3 aliphatic rings. The van der Waals surface area contributed by atoms with Crippen LogP contribution >= 0.6 is 0 Å². The summed E-state index contributed by atoms with van der Waals surface area (Å²) in [6.45, 7) is 6.10. The van der Waals surface area contributed by atoms with Gasteiger partial charge in [0.15, 0.2) is 6.29 Å². The van der Waals surface area contributed by atoms with E-state index in [0.717, 1.165) is 12.6 Å². The Kier molecular flexibility index (Phi) is 3.21. The molecule has 0 bridgehead atoms. The third kappa shape index (κ3) is 1.94. The fourth-order valence-electron chi connectivity index (χ4n) is 2.70. The average Bonchev–Trinajstić information content (AvgIpc) is 2.86.